The molecule has 0 spiro atoms. The van der Waals surface area contributed by atoms with E-state index < -0.39 is 0 Å². The highest BCUT2D eigenvalue weighted by atomic mass is 19.1. The molecule has 1 fully saturated rings. The number of aromatic nitrogens is 3. The van der Waals surface area contributed by atoms with Crippen molar-refractivity contribution in [1.29, 1.82) is 0 Å². The van der Waals surface area contributed by atoms with Crippen LogP contribution in [0, 0.1) is 24.6 Å². The molecule has 3 aromatic heterocycles. The van der Waals surface area contributed by atoms with Crippen LogP contribution >= 0.6 is 0 Å². The van der Waals surface area contributed by atoms with E-state index >= 15 is 0 Å². The molecule has 0 amide bonds. The fourth-order valence-corrected chi connectivity index (χ4v) is 4.13. The van der Waals surface area contributed by atoms with Gasteiger partial charge in [0, 0.05) is 42.8 Å². The third-order valence-corrected chi connectivity index (χ3v) is 5.47. The van der Waals surface area contributed by atoms with Crippen molar-refractivity contribution in [2.75, 3.05) is 18.0 Å². The molecule has 1 saturated heterocycles. The number of pyridine rings is 3. The quantitative estimate of drug-likeness (QED) is 0.743. The topological polar surface area (TPSA) is 67.9 Å². The smallest absolute Gasteiger partial charge is 0.132 e. The van der Waals surface area contributed by atoms with Crippen molar-refractivity contribution in [3.05, 3.63) is 47.5 Å². The lowest BCUT2D eigenvalue weighted by Gasteiger charge is -2.36. The molecule has 0 bridgehead atoms. The van der Waals surface area contributed by atoms with Gasteiger partial charge in [-0.25, -0.2) is 14.4 Å². The normalized spacial score (nSPS) is 20.0. The van der Waals surface area contributed by atoms with Crippen molar-refractivity contribution in [3.63, 3.8) is 0 Å². The first-order chi connectivity index (χ1) is 13.4. The van der Waals surface area contributed by atoms with Crippen LogP contribution in [0.1, 0.15) is 31.5 Å². The molecule has 2 unspecified atom stereocenters. The summed E-state index contributed by atoms with van der Waals surface area (Å²) in [5, 5.41) is 0.925. The Hall–Kier alpha value is -2.60. The number of hydrogen-bond donors (Lipinski definition) is 1. The summed E-state index contributed by atoms with van der Waals surface area (Å²) < 4.78 is 14.8. The molecule has 4 rings (SSSR count). The summed E-state index contributed by atoms with van der Waals surface area (Å²) in [5.74, 6) is 1.58. The van der Waals surface area contributed by atoms with E-state index in [1.807, 2.05) is 18.2 Å². The number of anilines is 1. The fraction of sp³-hybridized carbons (Fsp3) is 0.409. The minimum atomic E-state index is -0.245. The Labute approximate surface area is 164 Å². The second-order valence-electron chi connectivity index (χ2n) is 8.06. The van der Waals surface area contributed by atoms with E-state index in [0.29, 0.717) is 41.1 Å². The van der Waals surface area contributed by atoms with Crippen LogP contribution in [0.2, 0.25) is 0 Å². The highest BCUT2D eigenvalue weighted by Gasteiger charge is 2.24. The highest BCUT2D eigenvalue weighted by molar-refractivity contribution is 5.81. The van der Waals surface area contributed by atoms with Gasteiger partial charge in [0.05, 0.1) is 22.6 Å². The van der Waals surface area contributed by atoms with Gasteiger partial charge in [0.15, 0.2) is 0 Å². The lowest BCUT2D eigenvalue weighted by atomic mass is 9.92. The summed E-state index contributed by atoms with van der Waals surface area (Å²) in [5.41, 5.74) is 9.04. The first-order valence-corrected chi connectivity index (χ1v) is 9.82. The van der Waals surface area contributed by atoms with Gasteiger partial charge in [0.2, 0.25) is 0 Å². The predicted molar refractivity (Wildman–Crippen MR) is 111 cm³/mol. The number of nitrogens with two attached hydrogens (primary N) is 1. The maximum Gasteiger partial charge on any atom is 0.132 e. The van der Waals surface area contributed by atoms with Crippen molar-refractivity contribution >= 4 is 16.7 Å². The maximum absolute atomic E-state index is 14.8. The van der Waals surface area contributed by atoms with Crippen LogP contribution in [0.5, 0.6) is 0 Å². The van der Waals surface area contributed by atoms with Crippen LogP contribution in [0.15, 0.2) is 30.5 Å². The zero-order chi connectivity index (χ0) is 19.8. The Morgan fingerprint density at radius 3 is 2.61 bits per heavy atom. The molecule has 3 aromatic rings. The third kappa shape index (κ3) is 3.56. The number of rotatable bonds is 3. The van der Waals surface area contributed by atoms with Gasteiger partial charge in [0.25, 0.3) is 0 Å². The van der Waals surface area contributed by atoms with E-state index in [1.165, 1.54) is 6.42 Å². The van der Waals surface area contributed by atoms with Crippen LogP contribution in [0.4, 0.5) is 10.2 Å². The van der Waals surface area contributed by atoms with Crippen molar-refractivity contribution in [2.45, 2.75) is 33.7 Å². The Morgan fingerprint density at radius 2 is 1.89 bits per heavy atom. The van der Waals surface area contributed by atoms with Gasteiger partial charge in [-0.1, -0.05) is 13.8 Å². The summed E-state index contributed by atoms with van der Waals surface area (Å²) in [6.07, 6.45) is 2.96. The molecule has 6 heteroatoms. The van der Waals surface area contributed by atoms with Gasteiger partial charge in [-0.15, -0.1) is 0 Å². The molecular weight excluding hydrogens is 353 g/mol. The zero-order valence-electron chi connectivity index (χ0n) is 16.6. The van der Waals surface area contributed by atoms with Crippen molar-refractivity contribution in [2.24, 2.45) is 17.6 Å². The largest absolute Gasteiger partial charge is 0.356 e. The lowest BCUT2D eigenvalue weighted by Crippen LogP contribution is -2.39. The van der Waals surface area contributed by atoms with Gasteiger partial charge in [-0.05, 0) is 43.4 Å². The first-order valence-electron chi connectivity index (χ1n) is 9.82. The van der Waals surface area contributed by atoms with Gasteiger partial charge in [0.1, 0.15) is 11.6 Å². The third-order valence-electron chi connectivity index (χ3n) is 5.47. The highest BCUT2D eigenvalue weighted by Crippen LogP contribution is 2.30. The summed E-state index contributed by atoms with van der Waals surface area (Å²) in [4.78, 5) is 16.1. The summed E-state index contributed by atoms with van der Waals surface area (Å²) in [6.45, 7) is 8.39. The van der Waals surface area contributed by atoms with Crippen LogP contribution in [-0.2, 0) is 6.54 Å². The molecule has 146 valence electrons. The van der Waals surface area contributed by atoms with Crippen LogP contribution in [-0.4, -0.2) is 28.0 Å². The Morgan fingerprint density at radius 1 is 1.14 bits per heavy atom. The van der Waals surface area contributed by atoms with Crippen molar-refractivity contribution in [3.8, 4) is 11.4 Å². The Bertz CT molecular complexity index is 1010. The number of piperidine rings is 1. The van der Waals surface area contributed by atoms with E-state index in [4.69, 9.17) is 15.7 Å². The number of fused-ring (bicyclic) bond motifs is 1. The molecule has 2 N–H and O–H groups in total. The molecule has 2 atom stereocenters. The Kier molecular flexibility index (Phi) is 4.98. The van der Waals surface area contributed by atoms with E-state index in [1.54, 1.807) is 19.2 Å². The van der Waals surface area contributed by atoms with Gasteiger partial charge >= 0.3 is 0 Å². The summed E-state index contributed by atoms with van der Waals surface area (Å²) in [7, 11) is 0. The summed E-state index contributed by atoms with van der Waals surface area (Å²) >= 11 is 0. The predicted octanol–water partition coefficient (Wildman–Crippen LogP) is 4.08. The number of halogens is 1. The molecule has 1 aliphatic heterocycles. The van der Waals surface area contributed by atoms with Crippen LogP contribution in [0.25, 0.3) is 22.3 Å². The molecule has 28 heavy (non-hydrogen) atoms. The van der Waals surface area contributed by atoms with Crippen molar-refractivity contribution in [1.82, 2.24) is 15.0 Å². The second kappa shape index (κ2) is 7.43. The molecular formula is C22H26FN5. The molecule has 0 aliphatic carbocycles. The average Bonchev–Trinajstić information content (AvgIpc) is 2.68. The number of hydrogen-bond acceptors (Lipinski definition) is 5. The molecule has 5 nitrogen and oxygen atoms in total. The summed E-state index contributed by atoms with van der Waals surface area (Å²) in [6, 6.07) is 7.26. The molecule has 1 aliphatic rings. The van der Waals surface area contributed by atoms with E-state index in [-0.39, 0.29) is 5.82 Å². The molecule has 0 saturated carbocycles. The van der Waals surface area contributed by atoms with Gasteiger partial charge in [-0.2, -0.15) is 0 Å². The van der Waals surface area contributed by atoms with Crippen LogP contribution < -0.4 is 10.6 Å². The fourth-order valence-electron chi connectivity index (χ4n) is 4.13. The van der Waals surface area contributed by atoms with E-state index in [2.05, 4.69) is 23.7 Å². The van der Waals surface area contributed by atoms with Crippen molar-refractivity contribution < 1.29 is 4.39 Å². The van der Waals surface area contributed by atoms with Gasteiger partial charge < -0.3 is 10.6 Å². The monoisotopic (exact) mass is 379 g/mol. The standard InChI is InChI=1S/C22H26FN5/c1-13-6-14(2)12-28(11-13)21-8-18(23)15(3)22(27-21)19-5-4-16-10-25-17(9-24)7-20(16)26-19/h4-5,7-8,10,13-14H,6,9,11-12,24H2,1-3H3. The molecule has 4 heterocycles. The minimum Gasteiger partial charge on any atom is -0.356 e. The minimum absolute atomic E-state index is 0.245. The average molecular weight is 379 g/mol. The van der Waals surface area contributed by atoms with Crippen LogP contribution in [0.3, 0.4) is 0 Å². The van der Waals surface area contributed by atoms with E-state index in [9.17, 15) is 4.39 Å². The van der Waals surface area contributed by atoms with E-state index in [0.717, 1.165) is 29.7 Å². The SMILES string of the molecule is Cc1c(F)cc(N2CC(C)CC(C)C2)nc1-c1ccc2cnc(CN)cc2n1. The maximum atomic E-state index is 14.8. The number of nitrogens with zero attached hydrogens (tertiary/aromatic N) is 4. The zero-order valence-corrected chi connectivity index (χ0v) is 16.6. The lowest BCUT2D eigenvalue weighted by molar-refractivity contribution is 0.355. The molecule has 0 aromatic carbocycles. The van der Waals surface area contributed by atoms with Gasteiger partial charge in [-0.3, -0.25) is 4.98 Å². The first kappa shape index (κ1) is 18.7. The second-order valence-corrected chi connectivity index (χ2v) is 8.06. The molecule has 0 radical (unpaired) electrons. The Balaban J connectivity index is 1.79.